The number of amides is 1. The SMILES string of the molecule is O=C(N/N=C1/C=C(c2ccccc2)C(O)(c2ccccc2)C1)c1cccc(Cl)c1. The van der Waals surface area contributed by atoms with Crippen LogP contribution in [0.4, 0.5) is 0 Å². The highest BCUT2D eigenvalue weighted by Gasteiger charge is 2.40. The Hall–Kier alpha value is -3.21. The minimum Gasteiger partial charge on any atom is -0.380 e. The van der Waals surface area contributed by atoms with Crippen molar-refractivity contribution in [2.24, 2.45) is 5.10 Å². The molecule has 1 atom stereocenters. The number of allylic oxidation sites excluding steroid dienone is 1. The average Bonchev–Trinajstić information content (AvgIpc) is 3.11. The van der Waals surface area contributed by atoms with Gasteiger partial charge in [0.2, 0.25) is 0 Å². The molecule has 2 N–H and O–H groups in total. The van der Waals surface area contributed by atoms with Crippen LogP contribution in [-0.2, 0) is 5.60 Å². The van der Waals surface area contributed by atoms with Gasteiger partial charge in [-0.2, -0.15) is 5.10 Å². The maximum absolute atomic E-state index is 12.4. The molecule has 0 heterocycles. The molecule has 29 heavy (non-hydrogen) atoms. The minimum absolute atomic E-state index is 0.261. The molecule has 0 saturated carbocycles. The number of rotatable bonds is 4. The lowest BCUT2D eigenvalue weighted by atomic mass is 9.84. The molecule has 0 bridgehead atoms. The standard InChI is InChI=1S/C24H19ClN2O2/c25-20-13-7-10-18(14-20)23(28)27-26-21-15-22(17-8-3-1-4-9-17)24(29,16-21)19-11-5-2-6-12-19/h1-15,29H,16H2,(H,27,28)/b26-21-. The van der Waals surface area contributed by atoms with Crippen molar-refractivity contribution in [2.45, 2.75) is 12.0 Å². The van der Waals surface area contributed by atoms with Crippen LogP contribution in [0.5, 0.6) is 0 Å². The molecule has 1 unspecified atom stereocenters. The molecule has 0 fully saturated rings. The Labute approximate surface area is 174 Å². The van der Waals surface area contributed by atoms with E-state index in [1.807, 2.05) is 66.7 Å². The lowest BCUT2D eigenvalue weighted by Crippen LogP contribution is -2.26. The molecule has 1 aliphatic rings. The molecule has 0 aromatic heterocycles. The highest BCUT2D eigenvalue weighted by Crippen LogP contribution is 2.43. The highest BCUT2D eigenvalue weighted by atomic mass is 35.5. The van der Waals surface area contributed by atoms with E-state index >= 15 is 0 Å². The number of carbonyl (C=O) groups excluding carboxylic acids is 1. The number of halogens is 1. The van der Waals surface area contributed by atoms with Gasteiger partial charge in [0.1, 0.15) is 5.60 Å². The number of nitrogens with zero attached hydrogens (tertiary/aromatic N) is 1. The molecule has 3 aromatic carbocycles. The van der Waals surface area contributed by atoms with Crippen molar-refractivity contribution in [3.63, 3.8) is 0 Å². The second-order valence-corrected chi connectivity index (χ2v) is 7.32. The summed E-state index contributed by atoms with van der Waals surface area (Å²) in [5, 5.41) is 16.3. The van der Waals surface area contributed by atoms with Crippen LogP contribution >= 0.6 is 11.6 Å². The fourth-order valence-corrected chi connectivity index (χ4v) is 3.68. The fraction of sp³-hybridized carbons (Fsp3) is 0.0833. The molecular weight excluding hydrogens is 384 g/mol. The summed E-state index contributed by atoms with van der Waals surface area (Å²) in [4.78, 5) is 12.4. The maximum Gasteiger partial charge on any atom is 0.271 e. The second kappa shape index (κ2) is 8.03. The predicted molar refractivity (Wildman–Crippen MR) is 116 cm³/mol. The topological polar surface area (TPSA) is 61.7 Å². The van der Waals surface area contributed by atoms with Crippen LogP contribution in [0.2, 0.25) is 5.02 Å². The monoisotopic (exact) mass is 402 g/mol. The van der Waals surface area contributed by atoms with Gasteiger partial charge in [-0.3, -0.25) is 4.79 Å². The second-order valence-electron chi connectivity index (χ2n) is 6.88. The van der Waals surface area contributed by atoms with Gasteiger partial charge in [-0.1, -0.05) is 78.3 Å². The highest BCUT2D eigenvalue weighted by molar-refractivity contribution is 6.31. The van der Waals surface area contributed by atoms with E-state index in [1.54, 1.807) is 24.3 Å². The van der Waals surface area contributed by atoms with Crippen molar-refractivity contribution in [1.82, 2.24) is 5.43 Å². The molecule has 0 radical (unpaired) electrons. The quantitative estimate of drug-likeness (QED) is 0.616. The summed E-state index contributed by atoms with van der Waals surface area (Å²) in [5.74, 6) is -0.357. The van der Waals surface area contributed by atoms with E-state index in [0.29, 0.717) is 16.3 Å². The first-order chi connectivity index (χ1) is 14.1. The van der Waals surface area contributed by atoms with Crippen LogP contribution < -0.4 is 5.43 Å². The number of hydrogen-bond donors (Lipinski definition) is 2. The Bertz CT molecular complexity index is 1090. The summed E-state index contributed by atoms with van der Waals surface area (Å²) in [7, 11) is 0. The van der Waals surface area contributed by atoms with Crippen LogP contribution in [0, 0.1) is 0 Å². The van der Waals surface area contributed by atoms with Gasteiger partial charge in [-0.25, -0.2) is 5.43 Å². The first-order valence-electron chi connectivity index (χ1n) is 9.24. The number of benzene rings is 3. The Balaban J connectivity index is 1.66. The number of nitrogens with one attached hydrogen (secondary N) is 1. The lowest BCUT2D eigenvalue weighted by Gasteiger charge is -2.27. The summed E-state index contributed by atoms with van der Waals surface area (Å²) >= 11 is 5.95. The zero-order valence-electron chi connectivity index (χ0n) is 15.5. The van der Waals surface area contributed by atoms with Gasteiger partial charge in [0, 0.05) is 17.0 Å². The van der Waals surface area contributed by atoms with Crippen molar-refractivity contribution in [3.8, 4) is 0 Å². The van der Waals surface area contributed by atoms with E-state index in [-0.39, 0.29) is 12.3 Å². The Morgan fingerprint density at radius 3 is 2.34 bits per heavy atom. The zero-order chi connectivity index (χ0) is 20.3. The van der Waals surface area contributed by atoms with Crippen molar-refractivity contribution >= 4 is 28.8 Å². The number of aliphatic hydroxyl groups is 1. The fourth-order valence-electron chi connectivity index (χ4n) is 3.49. The van der Waals surface area contributed by atoms with Gasteiger partial charge in [0.15, 0.2) is 0 Å². The number of hydrogen-bond acceptors (Lipinski definition) is 3. The molecule has 5 heteroatoms. The van der Waals surface area contributed by atoms with Gasteiger partial charge in [-0.15, -0.1) is 0 Å². The van der Waals surface area contributed by atoms with Crippen LogP contribution in [0.15, 0.2) is 96.1 Å². The van der Waals surface area contributed by atoms with E-state index in [9.17, 15) is 9.90 Å². The van der Waals surface area contributed by atoms with Crippen LogP contribution in [-0.4, -0.2) is 16.7 Å². The van der Waals surface area contributed by atoms with E-state index < -0.39 is 5.60 Å². The molecular formula is C24H19ClN2O2. The van der Waals surface area contributed by atoms with Crippen LogP contribution in [0.25, 0.3) is 5.57 Å². The minimum atomic E-state index is -1.22. The molecule has 144 valence electrons. The Kier molecular flexibility index (Phi) is 5.30. The van der Waals surface area contributed by atoms with Gasteiger partial charge in [-0.05, 0) is 41.0 Å². The zero-order valence-corrected chi connectivity index (χ0v) is 16.3. The normalized spacial score (nSPS) is 19.8. The predicted octanol–water partition coefficient (Wildman–Crippen LogP) is 4.80. The summed E-state index contributed by atoms with van der Waals surface area (Å²) in [6.45, 7) is 0. The number of carbonyl (C=O) groups is 1. The average molecular weight is 403 g/mol. The molecule has 4 rings (SSSR count). The largest absolute Gasteiger partial charge is 0.380 e. The van der Waals surface area contributed by atoms with Gasteiger partial charge in [0.25, 0.3) is 5.91 Å². The molecule has 4 nitrogen and oxygen atoms in total. The van der Waals surface area contributed by atoms with Crippen molar-refractivity contribution in [3.05, 3.63) is 113 Å². The third-order valence-electron chi connectivity index (χ3n) is 4.92. The van der Waals surface area contributed by atoms with E-state index in [4.69, 9.17) is 11.6 Å². The molecule has 1 amide bonds. The Morgan fingerprint density at radius 1 is 0.966 bits per heavy atom. The molecule has 0 aliphatic heterocycles. The molecule has 1 aliphatic carbocycles. The van der Waals surface area contributed by atoms with Gasteiger partial charge >= 0.3 is 0 Å². The van der Waals surface area contributed by atoms with Crippen LogP contribution in [0.1, 0.15) is 27.9 Å². The first kappa shape index (κ1) is 19.1. The van der Waals surface area contributed by atoms with E-state index in [1.165, 1.54) is 0 Å². The summed E-state index contributed by atoms with van der Waals surface area (Å²) < 4.78 is 0. The summed E-state index contributed by atoms with van der Waals surface area (Å²) in [5.41, 5.74) is 4.79. The van der Waals surface area contributed by atoms with Gasteiger partial charge < -0.3 is 5.11 Å². The number of hydrazone groups is 1. The third-order valence-corrected chi connectivity index (χ3v) is 5.15. The molecule has 0 saturated heterocycles. The summed E-state index contributed by atoms with van der Waals surface area (Å²) in [6, 6.07) is 25.8. The molecule has 3 aromatic rings. The van der Waals surface area contributed by atoms with Gasteiger partial charge in [0.05, 0.1) is 5.71 Å². The first-order valence-corrected chi connectivity index (χ1v) is 9.62. The van der Waals surface area contributed by atoms with Crippen LogP contribution in [0.3, 0.4) is 0 Å². The van der Waals surface area contributed by atoms with E-state index in [0.717, 1.165) is 16.7 Å². The molecule has 0 spiro atoms. The maximum atomic E-state index is 12.4. The Morgan fingerprint density at radius 2 is 1.66 bits per heavy atom. The van der Waals surface area contributed by atoms with Crippen molar-refractivity contribution in [1.29, 1.82) is 0 Å². The van der Waals surface area contributed by atoms with Crippen molar-refractivity contribution < 1.29 is 9.90 Å². The van der Waals surface area contributed by atoms with E-state index in [2.05, 4.69) is 10.5 Å². The lowest BCUT2D eigenvalue weighted by molar-refractivity contribution is 0.0952. The smallest absolute Gasteiger partial charge is 0.271 e. The van der Waals surface area contributed by atoms with Crippen molar-refractivity contribution in [2.75, 3.05) is 0 Å². The third kappa shape index (κ3) is 3.99. The summed E-state index contributed by atoms with van der Waals surface area (Å²) in [6.07, 6.45) is 2.09.